The van der Waals surface area contributed by atoms with Crippen molar-refractivity contribution < 1.29 is 12.8 Å². The lowest BCUT2D eigenvalue weighted by Gasteiger charge is -2.23. The number of hydrogen-bond donors (Lipinski definition) is 0. The van der Waals surface area contributed by atoms with Crippen molar-refractivity contribution in [3.05, 3.63) is 65.0 Å². The number of nitrogens with zero attached hydrogens (tertiary/aromatic N) is 1. The van der Waals surface area contributed by atoms with E-state index in [9.17, 15) is 12.8 Å². The highest BCUT2D eigenvalue weighted by molar-refractivity contribution is 7.92. The van der Waals surface area contributed by atoms with E-state index >= 15 is 0 Å². The second-order valence-corrected chi connectivity index (χ2v) is 7.07. The van der Waals surface area contributed by atoms with E-state index in [1.54, 1.807) is 18.2 Å². The lowest BCUT2D eigenvalue weighted by atomic mass is 10.1. The van der Waals surface area contributed by atoms with Crippen molar-refractivity contribution in [2.45, 2.75) is 20.4 Å². The highest BCUT2D eigenvalue weighted by Crippen LogP contribution is 2.23. The molecule has 3 nitrogen and oxygen atoms in total. The predicted octanol–water partition coefficient (Wildman–Crippen LogP) is 3.41. The first-order valence-electron chi connectivity index (χ1n) is 6.57. The van der Waals surface area contributed by atoms with Crippen LogP contribution in [0, 0.1) is 19.7 Å². The number of benzene rings is 2. The van der Waals surface area contributed by atoms with Crippen LogP contribution in [0.5, 0.6) is 0 Å². The molecule has 0 aliphatic rings. The fourth-order valence-electron chi connectivity index (χ4n) is 2.04. The van der Waals surface area contributed by atoms with Crippen LogP contribution in [0.15, 0.2) is 42.5 Å². The molecule has 0 aliphatic heterocycles. The SMILES string of the molecule is Cc1ccc(N(Cc2ccc(F)cc2)S(C)(=O)=O)cc1C. The Balaban J connectivity index is 2.39. The van der Waals surface area contributed by atoms with E-state index in [1.807, 2.05) is 26.0 Å². The van der Waals surface area contributed by atoms with Gasteiger partial charge in [-0.1, -0.05) is 18.2 Å². The molecule has 112 valence electrons. The molecular weight excluding hydrogens is 289 g/mol. The quantitative estimate of drug-likeness (QED) is 0.868. The minimum Gasteiger partial charge on any atom is -0.266 e. The summed E-state index contributed by atoms with van der Waals surface area (Å²) in [5, 5.41) is 0. The Labute approximate surface area is 125 Å². The predicted molar refractivity (Wildman–Crippen MR) is 83.3 cm³/mol. The normalized spacial score (nSPS) is 11.4. The number of anilines is 1. The highest BCUT2D eigenvalue weighted by atomic mass is 32.2. The standard InChI is InChI=1S/C16H18FNO2S/c1-12-4-9-16(10-13(12)2)18(21(3,19)20)11-14-5-7-15(17)8-6-14/h4-10H,11H2,1-3H3. The molecule has 0 saturated heterocycles. The van der Waals surface area contributed by atoms with E-state index in [0.29, 0.717) is 5.69 Å². The van der Waals surface area contributed by atoms with Crippen LogP contribution in [0.2, 0.25) is 0 Å². The Morgan fingerprint density at radius 1 is 1.00 bits per heavy atom. The third-order valence-electron chi connectivity index (χ3n) is 3.42. The van der Waals surface area contributed by atoms with Gasteiger partial charge in [0.05, 0.1) is 18.5 Å². The monoisotopic (exact) mass is 307 g/mol. The maximum Gasteiger partial charge on any atom is 0.232 e. The molecule has 0 saturated carbocycles. The summed E-state index contributed by atoms with van der Waals surface area (Å²) in [6.45, 7) is 4.10. The molecule has 2 aromatic carbocycles. The number of sulfonamides is 1. The first kappa shape index (κ1) is 15.5. The van der Waals surface area contributed by atoms with Gasteiger partial charge in [-0.05, 0) is 54.8 Å². The number of halogens is 1. The first-order valence-corrected chi connectivity index (χ1v) is 8.41. The van der Waals surface area contributed by atoms with Crippen molar-refractivity contribution in [2.75, 3.05) is 10.6 Å². The Morgan fingerprint density at radius 2 is 1.62 bits per heavy atom. The van der Waals surface area contributed by atoms with Crippen LogP contribution in [-0.2, 0) is 16.6 Å². The molecule has 2 aromatic rings. The molecule has 0 heterocycles. The van der Waals surface area contributed by atoms with E-state index in [-0.39, 0.29) is 12.4 Å². The van der Waals surface area contributed by atoms with Crippen LogP contribution in [0.4, 0.5) is 10.1 Å². The summed E-state index contributed by atoms with van der Waals surface area (Å²) < 4.78 is 38.4. The maximum atomic E-state index is 12.9. The molecule has 0 unspecified atom stereocenters. The average molecular weight is 307 g/mol. The van der Waals surface area contributed by atoms with Crippen LogP contribution in [0.3, 0.4) is 0 Å². The number of aryl methyl sites for hydroxylation is 2. The Morgan fingerprint density at radius 3 is 2.14 bits per heavy atom. The van der Waals surface area contributed by atoms with Gasteiger partial charge in [-0.15, -0.1) is 0 Å². The van der Waals surface area contributed by atoms with Crippen molar-refractivity contribution in [3.8, 4) is 0 Å². The lowest BCUT2D eigenvalue weighted by molar-refractivity contribution is 0.596. The molecule has 0 N–H and O–H groups in total. The van der Waals surface area contributed by atoms with Gasteiger partial charge >= 0.3 is 0 Å². The van der Waals surface area contributed by atoms with E-state index in [0.717, 1.165) is 16.7 Å². The van der Waals surface area contributed by atoms with Crippen molar-refractivity contribution in [1.82, 2.24) is 0 Å². The van der Waals surface area contributed by atoms with E-state index < -0.39 is 10.0 Å². The van der Waals surface area contributed by atoms with Crippen molar-refractivity contribution in [2.24, 2.45) is 0 Å². The van der Waals surface area contributed by atoms with Crippen LogP contribution >= 0.6 is 0 Å². The smallest absolute Gasteiger partial charge is 0.232 e. The Bertz CT molecular complexity index is 739. The molecule has 0 aliphatic carbocycles. The van der Waals surface area contributed by atoms with Gasteiger partial charge < -0.3 is 0 Å². The second kappa shape index (κ2) is 5.85. The zero-order chi connectivity index (χ0) is 15.6. The van der Waals surface area contributed by atoms with E-state index in [2.05, 4.69) is 0 Å². The van der Waals surface area contributed by atoms with Gasteiger partial charge in [0.2, 0.25) is 10.0 Å². The topological polar surface area (TPSA) is 37.4 Å². The van der Waals surface area contributed by atoms with Crippen molar-refractivity contribution in [1.29, 1.82) is 0 Å². The van der Waals surface area contributed by atoms with Crippen molar-refractivity contribution >= 4 is 15.7 Å². The van der Waals surface area contributed by atoms with Crippen LogP contribution in [0.1, 0.15) is 16.7 Å². The first-order chi connectivity index (χ1) is 9.77. The largest absolute Gasteiger partial charge is 0.266 e. The molecule has 0 aromatic heterocycles. The molecule has 0 atom stereocenters. The number of rotatable bonds is 4. The molecule has 5 heteroatoms. The third-order valence-corrected chi connectivity index (χ3v) is 4.56. The van der Waals surface area contributed by atoms with Crippen LogP contribution < -0.4 is 4.31 Å². The second-order valence-electron chi connectivity index (χ2n) is 5.16. The molecule has 0 amide bonds. The molecule has 0 spiro atoms. The summed E-state index contributed by atoms with van der Waals surface area (Å²) in [5.41, 5.74) is 3.49. The summed E-state index contributed by atoms with van der Waals surface area (Å²) in [7, 11) is -3.42. The van der Waals surface area contributed by atoms with Gasteiger partial charge in [0.25, 0.3) is 0 Å². The zero-order valence-corrected chi connectivity index (χ0v) is 13.1. The average Bonchev–Trinajstić information content (AvgIpc) is 2.40. The van der Waals surface area contributed by atoms with Gasteiger partial charge in [-0.3, -0.25) is 4.31 Å². The van der Waals surface area contributed by atoms with E-state index in [1.165, 1.54) is 22.7 Å². The third kappa shape index (κ3) is 3.82. The van der Waals surface area contributed by atoms with Gasteiger partial charge in [-0.25, -0.2) is 12.8 Å². The summed E-state index contributed by atoms with van der Waals surface area (Å²) >= 11 is 0. The Kier molecular flexibility index (Phi) is 4.32. The summed E-state index contributed by atoms with van der Waals surface area (Å²) in [6, 6.07) is 11.4. The maximum absolute atomic E-state index is 12.9. The molecular formula is C16H18FNO2S. The fourth-order valence-corrected chi connectivity index (χ4v) is 2.92. The molecule has 0 bridgehead atoms. The minimum absolute atomic E-state index is 0.182. The highest BCUT2D eigenvalue weighted by Gasteiger charge is 2.18. The molecule has 21 heavy (non-hydrogen) atoms. The van der Waals surface area contributed by atoms with Gasteiger partial charge in [0, 0.05) is 0 Å². The Hall–Kier alpha value is -1.88. The lowest BCUT2D eigenvalue weighted by Crippen LogP contribution is -2.29. The van der Waals surface area contributed by atoms with Gasteiger partial charge in [-0.2, -0.15) is 0 Å². The minimum atomic E-state index is -3.42. The van der Waals surface area contributed by atoms with Crippen LogP contribution in [0.25, 0.3) is 0 Å². The molecule has 0 fully saturated rings. The van der Waals surface area contributed by atoms with Gasteiger partial charge in [0.1, 0.15) is 5.82 Å². The summed E-state index contributed by atoms with van der Waals surface area (Å²) in [5.74, 6) is -0.337. The summed E-state index contributed by atoms with van der Waals surface area (Å²) in [4.78, 5) is 0. The van der Waals surface area contributed by atoms with Crippen molar-refractivity contribution in [3.63, 3.8) is 0 Å². The molecule has 0 radical (unpaired) electrons. The summed E-state index contributed by atoms with van der Waals surface area (Å²) in [6.07, 6.45) is 1.17. The zero-order valence-electron chi connectivity index (χ0n) is 12.3. The van der Waals surface area contributed by atoms with Gasteiger partial charge in [0.15, 0.2) is 0 Å². The fraction of sp³-hybridized carbons (Fsp3) is 0.250. The van der Waals surface area contributed by atoms with E-state index in [4.69, 9.17) is 0 Å². The van der Waals surface area contributed by atoms with Crippen LogP contribution in [-0.4, -0.2) is 14.7 Å². The molecule has 2 rings (SSSR count). The number of hydrogen-bond acceptors (Lipinski definition) is 2.